The average Bonchev–Trinajstić information content (AvgIpc) is 2.74. The molecule has 2 aromatic heterocycles. The van der Waals surface area contributed by atoms with Crippen molar-refractivity contribution in [3.05, 3.63) is 96.3 Å². The van der Waals surface area contributed by atoms with Crippen molar-refractivity contribution in [2.45, 2.75) is 0 Å². The summed E-state index contributed by atoms with van der Waals surface area (Å²) in [6.45, 7) is 0. The lowest BCUT2D eigenvalue weighted by atomic mass is 10.1. The van der Waals surface area contributed by atoms with E-state index in [4.69, 9.17) is 0 Å². The molecule has 0 aliphatic carbocycles. The summed E-state index contributed by atoms with van der Waals surface area (Å²) in [5.74, 6) is -0.250. The molecule has 0 radical (unpaired) electrons. The predicted octanol–water partition coefficient (Wildman–Crippen LogP) is 4.13. The number of rotatable bonds is 4. The van der Waals surface area contributed by atoms with Gasteiger partial charge in [0, 0.05) is 17.8 Å². The quantitative estimate of drug-likeness (QED) is 0.567. The molecule has 6 nitrogen and oxygen atoms in total. The van der Waals surface area contributed by atoms with Crippen molar-refractivity contribution in [2.75, 3.05) is 10.6 Å². The van der Waals surface area contributed by atoms with Gasteiger partial charge in [0.2, 0.25) is 0 Å². The second kappa shape index (κ2) is 7.67. The fraction of sp³-hybridized carbons (Fsp3) is 0. The number of carbonyl (C=O) groups is 2. The summed E-state index contributed by atoms with van der Waals surface area (Å²) in [6.07, 6.45) is 3.24. The second-order valence-corrected chi connectivity index (χ2v) is 6.05. The van der Waals surface area contributed by atoms with Gasteiger partial charge in [-0.3, -0.25) is 14.6 Å². The van der Waals surface area contributed by atoms with Crippen LogP contribution in [0.15, 0.2) is 85.2 Å². The fourth-order valence-electron chi connectivity index (χ4n) is 2.89. The van der Waals surface area contributed by atoms with Crippen molar-refractivity contribution in [2.24, 2.45) is 0 Å². The number of para-hydroxylation sites is 2. The minimum Gasteiger partial charge on any atom is -0.321 e. The summed E-state index contributed by atoms with van der Waals surface area (Å²) in [4.78, 5) is 33.9. The van der Waals surface area contributed by atoms with Gasteiger partial charge in [-0.05, 0) is 36.4 Å². The van der Waals surface area contributed by atoms with Crippen LogP contribution in [0.4, 0.5) is 11.5 Å². The van der Waals surface area contributed by atoms with Crippen molar-refractivity contribution in [3.63, 3.8) is 0 Å². The van der Waals surface area contributed by atoms with E-state index in [-0.39, 0.29) is 11.8 Å². The number of benzene rings is 2. The molecule has 0 saturated carbocycles. The minimum absolute atomic E-state index is 0.331. The minimum atomic E-state index is -0.356. The number of nitrogens with one attached hydrogen (secondary N) is 2. The molecule has 0 fully saturated rings. The van der Waals surface area contributed by atoms with Gasteiger partial charge in [-0.15, -0.1) is 0 Å². The molecule has 6 heteroatoms. The lowest BCUT2D eigenvalue weighted by Crippen LogP contribution is -2.19. The predicted molar refractivity (Wildman–Crippen MR) is 108 cm³/mol. The standard InChI is InChI=1S/C22H16N4O2/c27-21(26-19-12-3-4-13-23-19)16-9-1-2-11-18(16)25-22(28)17-10-5-7-15-8-6-14-24-20(15)17/h1-14H,(H,25,28)(H,23,26,27). The first kappa shape index (κ1) is 17.4. The smallest absolute Gasteiger partial charge is 0.258 e. The van der Waals surface area contributed by atoms with Crippen LogP contribution in [-0.2, 0) is 0 Å². The molecular formula is C22H16N4O2. The maximum absolute atomic E-state index is 12.9. The van der Waals surface area contributed by atoms with Crippen molar-refractivity contribution < 1.29 is 9.59 Å². The first-order valence-electron chi connectivity index (χ1n) is 8.69. The van der Waals surface area contributed by atoms with Crippen molar-refractivity contribution in [3.8, 4) is 0 Å². The number of nitrogens with zero attached hydrogens (tertiary/aromatic N) is 2. The van der Waals surface area contributed by atoms with E-state index < -0.39 is 0 Å². The van der Waals surface area contributed by atoms with Gasteiger partial charge in [0.05, 0.1) is 22.3 Å². The Morgan fingerprint density at radius 3 is 2.21 bits per heavy atom. The van der Waals surface area contributed by atoms with Gasteiger partial charge in [-0.1, -0.05) is 36.4 Å². The zero-order chi connectivity index (χ0) is 19.3. The molecule has 2 amide bonds. The molecule has 0 atom stereocenters. The molecule has 2 N–H and O–H groups in total. The Morgan fingerprint density at radius 1 is 0.643 bits per heavy atom. The van der Waals surface area contributed by atoms with Crippen LogP contribution in [-0.4, -0.2) is 21.8 Å². The first-order valence-corrected chi connectivity index (χ1v) is 8.69. The van der Waals surface area contributed by atoms with Crippen LogP contribution in [0.5, 0.6) is 0 Å². The summed E-state index contributed by atoms with van der Waals surface area (Å²) < 4.78 is 0. The highest BCUT2D eigenvalue weighted by molar-refractivity contribution is 6.15. The Labute approximate surface area is 161 Å². The Morgan fingerprint density at radius 2 is 1.36 bits per heavy atom. The van der Waals surface area contributed by atoms with E-state index in [1.165, 1.54) is 0 Å². The Kier molecular flexibility index (Phi) is 4.76. The lowest BCUT2D eigenvalue weighted by molar-refractivity contribution is 0.102. The molecule has 0 bridgehead atoms. The van der Waals surface area contributed by atoms with Gasteiger partial charge in [0.1, 0.15) is 5.82 Å². The Balaban J connectivity index is 1.62. The molecular weight excluding hydrogens is 352 g/mol. The van der Waals surface area contributed by atoms with E-state index in [1.54, 1.807) is 67.0 Å². The topological polar surface area (TPSA) is 84.0 Å². The van der Waals surface area contributed by atoms with Gasteiger partial charge < -0.3 is 10.6 Å². The fourth-order valence-corrected chi connectivity index (χ4v) is 2.89. The van der Waals surface area contributed by atoms with Gasteiger partial charge in [-0.2, -0.15) is 0 Å². The third kappa shape index (κ3) is 3.57. The zero-order valence-electron chi connectivity index (χ0n) is 14.8. The molecule has 0 saturated heterocycles. The van der Waals surface area contributed by atoms with Crippen molar-refractivity contribution in [1.29, 1.82) is 0 Å². The van der Waals surface area contributed by atoms with Crippen LogP contribution in [0.3, 0.4) is 0 Å². The molecule has 0 spiro atoms. The molecule has 28 heavy (non-hydrogen) atoms. The number of fused-ring (bicyclic) bond motifs is 1. The summed E-state index contributed by atoms with van der Waals surface area (Å²) in [7, 11) is 0. The van der Waals surface area contributed by atoms with Gasteiger partial charge >= 0.3 is 0 Å². The van der Waals surface area contributed by atoms with Crippen molar-refractivity contribution in [1.82, 2.24) is 9.97 Å². The van der Waals surface area contributed by atoms with E-state index >= 15 is 0 Å². The second-order valence-electron chi connectivity index (χ2n) is 6.05. The molecule has 0 aliphatic heterocycles. The maximum atomic E-state index is 12.9. The average molecular weight is 368 g/mol. The summed E-state index contributed by atoms with van der Waals surface area (Å²) >= 11 is 0. The van der Waals surface area contributed by atoms with Gasteiger partial charge in [0.15, 0.2) is 0 Å². The Bertz CT molecular complexity index is 1150. The third-order valence-electron chi connectivity index (χ3n) is 4.20. The first-order chi connectivity index (χ1) is 13.7. The molecule has 4 aromatic rings. The number of carbonyl (C=O) groups excluding carboxylic acids is 2. The molecule has 136 valence electrons. The molecule has 2 aromatic carbocycles. The van der Waals surface area contributed by atoms with E-state index in [0.29, 0.717) is 28.1 Å². The van der Waals surface area contributed by atoms with Crippen LogP contribution < -0.4 is 10.6 Å². The van der Waals surface area contributed by atoms with Crippen LogP contribution in [0.25, 0.3) is 10.9 Å². The number of hydrogen-bond acceptors (Lipinski definition) is 4. The van der Waals surface area contributed by atoms with Crippen LogP contribution in [0.2, 0.25) is 0 Å². The van der Waals surface area contributed by atoms with Crippen LogP contribution >= 0.6 is 0 Å². The highest BCUT2D eigenvalue weighted by Crippen LogP contribution is 2.21. The monoisotopic (exact) mass is 368 g/mol. The third-order valence-corrected chi connectivity index (χ3v) is 4.20. The number of anilines is 2. The largest absolute Gasteiger partial charge is 0.321 e. The summed E-state index contributed by atoms with van der Waals surface area (Å²) in [5.41, 5.74) is 1.81. The van der Waals surface area contributed by atoms with E-state index in [1.807, 2.05) is 18.2 Å². The summed E-state index contributed by atoms with van der Waals surface area (Å²) in [6, 6.07) is 21.2. The highest BCUT2D eigenvalue weighted by atomic mass is 16.2. The SMILES string of the molecule is O=C(Nc1ccccn1)c1ccccc1NC(=O)c1cccc2cccnc12. The lowest BCUT2D eigenvalue weighted by Gasteiger charge is -2.12. The number of hydrogen-bond donors (Lipinski definition) is 2. The van der Waals surface area contributed by atoms with E-state index in [0.717, 1.165) is 5.39 Å². The normalized spacial score (nSPS) is 10.4. The number of amides is 2. The molecule has 0 aliphatic rings. The number of aromatic nitrogens is 2. The van der Waals surface area contributed by atoms with E-state index in [9.17, 15) is 9.59 Å². The molecule has 0 unspecified atom stereocenters. The van der Waals surface area contributed by atoms with E-state index in [2.05, 4.69) is 20.6 Å². The van der Waals surface area contributed by atoms with Crippen LogP contribution in [0.1, 0.15) is 20.7 Å². The highest BCUT2D eigenvalue weighted by Gasteiger charge is 2.16. The summed E-state index contributed by atoms with van der Waals surface area (Å²) in [5, 5.41) is 6.42. The number of pyridine rings is 2. The van der Waals surface area contributed by atoms with Gasteiger partial charge in [-0.25, -0.2) is 4.98 Å². The van der Waals surface area contributed by atoms with Crippen LogP contribution in [0, 0.1) is 0 Å². The molecule has 2 heterocycles. The van der Waals surface area contributed by atoms with Gasteiger partial charge in [0.25, 0.3) is 11.8 Å². The molecule has 4 rings (SSSR count). The van der Waals surface area contributed by atoms with Crippen molar-refractivity contribution >= 4 is 34.2 Å². The zero-order valence-corrected chi connectivity index (χ0v) is 14.8. The Hall–Kier alpha value is -4.06. The maximum Gasteiger partial charge on any atom is 0.258 e.